The van der Waals surface area contributed by atoms with Gasteiger partial charge in [-0.25, -0.2) is 4.98 Å². The lowest BCUT2D eigenvalue weighted by Crippen LogP contribution is -2.43. The normalized spacial score (nSPS) is 23.2. The first-order chi connectivity index (χ1) is 12.6. The van der Waals surface area contributed by atoms with E-state index in [4.69, 9.17) is 0 Å². The van der Waals surface area contributed by atoms with Crippen LogP contribution in [0.4, 0.5) is 0 Å². The minimum Gasteiger partial charge on any atom is -0.337 e. The second-order valence-electron chi connectivity index (χ2n) is 7.43. The first-order valence-corrected chi connectivity index (χ1v) is 10.3. The maximum absolute atomic E-state index is 12.9. The minimum absolute atomic E-state index is 0.125. The Bertz CT molecular complexity index is 775. The van der Waals surface area contributed by atoms with Crippen LogP contribution in [-0.4, -0.2) is 51.4 Å². The van der Waals surface area contributed by atoms with Gasteiger partial charge in [0.1, 0.15) is 0 Å². The molecule has 0 spiro atoms. The van der Waals surface area contributed by atoms with Gasteiger partial charge >= 0.3 is 0 Å². The van der Waals surface area contributed by atoms with Crippen LogP contribution in [0.3, 0.4) is 0 Å². The van der Waals surface area contributed by atoms with Gasteiger partial charge in [0.25, 0.3) is 5.91 Å². The van der Waals surface area contributed by atoms with E-state index in [0.717, 1.165) is 37.6 Å². The van der Waals surface area contributed by atoms with Gasteiger partial charge in [-0.2, -0.15) is 0 Å². The molecule has 0 unspecified atom stereocenters. The number of aromatic nitrogens is 2. The molecule has 0 aromatic carbocycles. The van der Waals surface area contributed by atoms with Gasteiger partial charge < -0.3 is 4.90 Å². The lowest BCUT2D eigenvalue weighted by Gasteiger charge is -2.35. The standard InChI is InChI=1S/C20H26N4OS/c1-3-18-19(26-14(2)22-18)13-23-10-15-6-7-17(23)12-24(11-15)20(25)16-5-4-8-21-9-16/h4-5,8-9,15,17H,3,6-7,10-13H2,1-2H3/t15-,17-/m1/s1. The second kappa shape index (κ2) is 7.45. The summed E-state index contributed by atoms with van der Waals surface area (Å²) in [6.07, 6.45) is 6.79. The zero-order chi connectivity index (χ0) is 18.1. The quantitative estimate of drug-likeness (QED) is 0.830. The van der Waals surface area contributed by atoms with Crippen molar-refractivity contribution in [3.8, 4) is 0 Å². The van der Waals surface area contributed by atoms with E-state index in [2.05, 4.69) is 33.6 Å². The van der Waals surface area contributed by atoms with E-state index in [0.29, 0.717) is 17.5 Å². The van der Waals surface area contributed by atoms with Crippen LogP contribution in [0.25, 0.3) is 0 Å². The molecule has 3 saturated heterocycles. The maximum atomic E-state index is 12.9. The van der Waals surface area contributed by atoms with Gasteiger partial charge in [0.15, 0.2) is 0 Å². The first-order valence-electron chi connectivity index (χ1n) is 9.52. The second-order valence-corrected chi connectivity index (χ2v) is 8.72. The van der Waals surface area contributed by atoms with Crippen molar-refractivity contribution in [3.05, 3.63) is 45.7 Å². The van der Waals surface area contributed by atoms with Crippen molar-refractivity contribution in [1.82, 2.24) is 19.8 Å². The highest BCUT2D eigenvalue weighted by Gasteiger charge is 2.37. The molecule has 0 saturated carbocycles. The van der Waals surface area contributed by atoms with E-state index in [1.807, 2.05) is 23.5 Å². The highest BCUT2D eigenvalue weighted by Crippen LogP contribution is 2.31. The number of hydrogen-bond acceptors (Lipinski definition) is 5. The van der Waals surface area contributed by atoms with Crippen molar-refractivity contribution < 1.29 is 4.79 Å². The van der Waals surface area contributed by atoms with Crippen LogP contribution in [0, 0.1) is 12.8 Å². The number of carbonyl (C=O) groups excluding carboxylic acids is 1. The Kier molecular flexibility index (Phi) is 5.05. The molecule has 138 valence electrons. The molecule has 0 N–H and O–H groups in total. The summed E-state index contributed by atoms with van der Waals surface area (Å²) in [5.74, 6) is 0.688. The Morgan fingerprint density at radius 1 is 1.31 bits per heavy atom. The topological polar surface area (TPSA) is 49.3 Å². The number of aryl methyl sites for hydroxylation is 2. The Morgan fingerprint density at radius 3 is 2.96 bits per heavy atom. The van der Waals surface area contributed by atoms with Crippen LogP contribution in [0.1, 0.15) is 45.7 Å². The van der Waals surface area contributed by atoms with Crippen molar-refractivity contribution in [1.29, 1.82) is 0 Å². The van der Waals surface area contributed by atoms with E-state index < -0.39 is 0 Å². The van der Waals surface area contributed by atoms with Gasteiger partial charge in [0, 0.05) is 49.5 Å². The number of carbonyl (C=O) groups is 1. The third-order valence-electron chi connectivity index (χ3n) is 5.59. The summed E-state index contributed by atoms with van der Waals surface area (Å²) in [4.78, 5) is 27.7. The van der Waals surface area contributed by atoms with E-state index in [9.17, 15) is 4.79 Å². The van der Waals surface area contributed by atoms with Crippen LogP contribution in [0.15, 0.2) is 24.5 Å². The number of amides is 1. The van der Waals surface area contributed by atoms with Gasteiger partial charge in [-0.3, -0.25) is 14.7 Å². The molecular weight excluding hydrogens is 344 g/mol. The maximum Gasteiger partial charge on any atom is 0.255 e. The first kappa shape index (κ1) is 17.6. The predicted molar refractivity (Wildman–Crippen MR) is 103 cm³/mol. The lowest BCUT2D eigenvalue weighted by atomic mass is 9.95. The van der Waals surface area contributed by atoms with Gasteiger partial charge in [-0.05, 0) is 44.2 Å². The van der Waals surface area contributed by atoms with Gasteiger partial charge in [-0.15, -0.1) is 11.3 Å². The number of nitrogens with zero attached hydrogens (tertiary/aromatic N) is 4. The Morgan fingerprint density at radius 2 is 2.19 bits per heavy atom. The zero-order valence-electron chi connectivity index (χ0n) is 15.5. The van der Waals surface area contributed by atoms with Crippen molar-refractivity contribution >= 4 is 17.2 Å². The monoisotopic (exact) mass is 370 g/mol. The average Bonchev–Trinajstić information content (AvgIpc) is 2.82. The fraction of sp³-hybridized carbons (Fsp3) is 0.550. The molecule has 5 nitrogen and oxygen atoms in total. The summed E-state index contributed by atoms with van der Waals surface area (Å²) in [5.41, 5.74) is 1.95. The average molecular weight is 371 g/mol. The molecule has 1 amide bonds. The summed E-state index contributed by atoms with van der Waals surface area (Å²) >= 11 is 1.83. The third-order valence-corrected chi connectivity index (χ3v) is 6.59. The molecule has 2 bridgehead atoms. The zero-order valence-corrected chi connectivity index (χ0v) is 16.3. The highest BCUT2D eigenvalue weighted by atomic mass is 32.1. The summed E-state index contributed by atoms with van der Waals surface area (Å²) in [7, 11) is 0. The summed E-state index contributed by atoms with van der Waals surface area (Å²) < 4.78 is 0. The SMILES string of the molecule is CCc1nc(C)sc1CN1C[C@H]2CC[C@@H]1CN(C(=O)c1cccnc1)C2. The van der Waals surface area contributed by atoms with Crippen molar-refractivity contribution in [3.63, 3.8) is 0 Å². The molecule has 2 aromatic heterocycles. The molecule has 3 fully saturated rings. The minimum atomic E-state index is 0.125. The van der Waals surface area contributed by atoms with Crippen LogP contribution >= 0.6 is 11.3 Å². The molecule has 0 radical (unpaired) electrons. The molecule has 6 heteroatoms. The van der Waals surface area contributed by atoms with Crippen LogP contribution in [-0.2, 0) is 13.0 Å². The van der Waals surface area contributed by atoms with E-state index in [1.54, 1.807) is 12.4 Å². The molecule has 3 aliphatic heterocycles. The van der Waals surface area contributed by atoms with Crippen molar-refractivity contribution in [2.75, 3.05) is 19.6 Å². The number of hydrogen-bond donors (Lipinski definition) is 0. The van der Waals surface area contributed by atoms with Gasteiger partial charge in [0.05, 0.1) is 16.3 Å². The fourth-order valence-electron chi connectivity index (χ4n) is 4.31. The van der Waals surface area contributed by atoms with E-state index in [1.165, 1.54) is 23.4 Å². The molecule has 5 heterocycles. The van der Waals surface area contributed by atoms with Crippen molar-refractivity contribution in [2.24, 2.45) is 5.92 Å². The molecule has 26 heavy (non-hydrogen) atoms. The Balaban J connectivity index is 1.50. The number of pyridine rings is 1. The molecule has 2 aromatic rings. The third kappa shape index (κ3) is 3.53. The van der Waals surface area contributed by atoms with Gasteiger partial charge in [-0.1, -0.05) is 6.92 Å². The highest BCUT2D eigenvalue weighted by molar-refractivity contribution is 7.11. The number of fused-ring (bicyclic) bond motifs is 4. The summed E-state index contributed by atoms with van der Waals surface area (Å²) in [6.45, 7) is 8.02. The number of piperidine rings is 1. The van der Waals surface area contributed by atoms with E-state index >= 15 is 0 Å². The number of thiazole rings is 1. The molecule has 0 aliphatic carbocycles. The Labute approximate surface area is 159 Å². The van der Waals surface area contributed by atoms with Crippen molar-refractivity contribution in [2.45, 2.75) is 45.7 Å². The fourth-order valence-corrected chi connectivity index (χ4v) is 5.36. The number of rotatable bonds is 4. The molecule has 3 aliphatic rings. The smallest absolute Gasteiger partial charge is 0.255 e. The van der Waals surface area contributed by atoms with Crippen LogP contribution < -0.4 is 0 Å². The van der Waals surface area contributed by atoms with Crippen LogP contribution in [0.2, 0.25) is 0 Å². The molecule has 2 atom stereocenters. The summed E-state index contributed by atoms with van der Waals surface area (Å²) in [6, 6.07) is 4.15. The largest absolute Gasteiger partial charge is 0.337 e. The Hall–Kier alpha value is -1.79. The van der Waals surface area contributed by atoms with E-state index in [-0.39, 0.29) is 5.91 Å². The van der Waals surface area contributed by atoms with Crippen LogP contribution in [0.5, 0.6) is 0 Å². The lowest BCUT2D eigenvalue weighted by molar-refractivity contribution is 0.0735. The predicted octanol–water partition coefficient (Wildman–Crippen LogP) is 3.15. The van der Waals surface area contributed by atoms with Gasteiger partial charge in [0.2, 0.25) is 0 Å². The molecule has 5 rings (SSSR count). The molecular formula is C20H26N4OS. The summed E-state index contributed by atoms with van der Waals surface area (Å²) in [5, 5.41) is 1.16.